The number of amides is 1. The zero-order chi connectivity index (χ0) is 13.8. The molecule has 0 unspecified atom stereocenters. The van der Waals surface area contributed by atoms with Gasteiger partial charge in [-0.25, -0.2) is 0 Å². The van der Waals surface area contributed by atoms with Gasteiger partial charge in [-0.05, 0) is 6.07 Å². The molecule has 1 aromatic rings. The highest BCUT2D eigenvalue weighted by Crippen LogP contribution is 2.22. The first-order chi connectivity index (χ1) is 9.10. The number of esters is 1. The van der Waals surface area contributed by atoms with Crippen LogP contribution in [0.4, 0.5) is 0 Å². The molecule has 0 spiro atoms. The number of thiophene rings is 1. The summed E-state index contributed by atoms with van der Waals surface area (Å²) < 4.78 is 4.64. The summed E-state index contributed by atoms with van der Waals surface area (Å²) in [5.74, 6) is -0.504. The Balaban J connectivity index is 2.06. The summed E-state index contributed by atoms with van der Waals surface area (Å²) in [6.45, 7) is 1.92. The van der Waals surface area contributed by atoms with Gasteiger partial charge in [0.1, 0.15) is 6.04 Å². The second-order valence-corrected chi connectivity index (χ2v) is 5.72. The molecule has 7 heteroatoms. The SMILES string of the molecule is COC(=O)C[C@H]1C(=O)NCCN1Cc1cc(Cl)cs1. The van der Waals surface area contributed by atoms with Crippen molar-refractivity contribution in [1.29, 1.82) is 0 Å². The third kappa shape index (κ3) is 3.68. The second-order valence-electron chi connectivity index (χ2n) is 4.29. The van der Waals surface area contributed by atoms with Gasteiger partial charge in [0.2, 0.25) is 5.91 Å². The minimum atomic E-state index is -0.470. The average molecular weight is 303 g/mol. The number of methoxy groups -OCH3 is 1. The van der Waals surface area contributed by atoms with E-state index in [4.69, 9.17) is 11.6 Å². The molecule has 1 saturated heterocycles. The Morgan fingerprint density at radius 1 is 1.68 bits per heavy atom. The lowest BCUT2D eigenvalue weighted by atomic mass is 10.1. The van der Waals surface area contributed by atoms with Crippen molar-refractivity contribution in [2.45, 2.75) is 19.0 Å². The van der Waals surface area contributed by atoms with Gasteiger partial charge in [0.05, 0.1) is 18.6 Å². The van der Waals surface area contributed by atoms with Crippen molar-refractivity contribution in [3.8, 4) is 0 Å². The van der Waals surface area contributed by atoms with Crippen LogP contribution in [-0.2, 0) is 20.9 Å². The molecule has 1 amide bonds. The molecule has 1 atom stereocenters. The van der Waals surface area contributed by atoms with E-state index in [9.17, 15) is 9.59 Å². The molecule has 1 aliphatic heterocycles. The third-order valence-corrected chi connectivity index (χ3v) is 4.28. The Hall–Kier alpha value is -1.11. The van der Waals surface area contributed by atoms with Crippen LogP contribution in [0.3, 0.4) is 0 Å². The summed E-state index contributed by atoms with van der Waals surface area (Å²) in [5.41, 5.74) is 0. The minimum absolute atomic E-state index is 0.0709. The summed E-state index contributed by atoms with van der Waals surface area (Å²) >= 11 is 7.44. The van der Waals surface area contributed by atoms with Crippen LogP contribution in [0, 0.1) is 0 Å². The fraction of sp³-hybridized carbons (Fsp3) is 0.500. The van der Waals surface area contributed by atoms with E-state index in [0.717, 1.165) is 4.88 Å². The smallest absolute Gasteiger partial charge is 0.307 e. The standard InChI is InChI=1S/C12H15ClN2O3S/c1-18-11(16)5-10-12(17)14-2-3-15(10)6-9-4-8(13)7-19-9/h4,7,10H,2-3,5-6H2,1H3,(H,14,17)/t10-/m0/s1. The van der Waals surface area contributed by atoms with Crippen LogP contribution in [0.2, 0.25) is 5.02 Å². The van der Waals surface area contributed by atoms with Crippen molar-refractivity contribution in [3.05, 3.63) is 21.3 Å². The van der Waals surface area contributed by atoms with E-state index in [0.29, 0.717) is 24.7 Å². The summed E-state index contributed by atoms with van der Waals surface area (Å²) in [5, 5.41) is 5.33. The summed E-state index contributed by atoms with van der Waals surface area (Å²) in [4.78, 5) is 26.3. The molecule has 1 aromatic heterocycles. The molecule has 5 nitrogen and oxygen atoms in total. The molecule has 1 fully saturated rings. The molecule has 1 N–H and O–H groups in total. The highest BCUT2D eigenvalue weighted by Gasteiger charge is 2.32. The van der Waals surface area contributed by atoms with Crippen LogP contribution in [0.1, 0.15) is 11.3 Å². The van der Waals surface area contributed by atoms with Crippen LogP contribution in [-0.4, -0.2) is 43.0 Å². The number of nitrogens with one attached hydrogen (secondary N) is 1. The van der Waals surface area contributed by atoms with E-state index >= 15 is 0 Å². The number of hydrogen-bond acceptors (Lipinski definition) is 5. The monoisotopic (exact) mass is 302 g/mol. The Morgan fingerprint density at radius 2 is 2.47 bits per heavy atom. The number of rotatable bonds is 4. The predicted octanol–water partition coefficient (Wildman–Crippen LogP) is 1.27. The maximum atomic E-state index is 11.9. The molecule has 0 aromatic carbocycles. The van der Waals surface area contributed by atoms with Crippen LogP contribution in [0.15, 0.2) is 11.4 Å². The van der Waals surface area contributed by atoms with Gasteiger partial charge in [0.15, 0.2) is 0 Å². The first-order valence-corrected chi connectivity index (χ1v) is 7.17. The predicted molar refractivity (Wildman–Crippen MR) is 73.2 cm³/mol. The van der Waals surface area contributed by atoms with E-state index < -0.39 is 6.04 Å². The summed E-state index contributed by atoms with van der Waals surface area (Å²) in [6, 6.07) is 1.41. The normalized spacial score (nSPS) is 20.1. The van der Waals surface area contributed by atoms with Crippen molar-refractivity contribution in [3.63, 3.8) is 0 Å². The number of nitrogens with zero attached hydrogens (tertiary/aromatic N) is 1. The van der Waals surface area contributed by atoms with Gasteiger partial charge >= 0.3 is 5.97 Å². The molecule has 19 heavy (non-hydrogen) atoms. The molecule has 2 heterocycles. The molecule has 0 saturated carbocycles. The highest BCUT2D eigenvalue weighted by atomic mass is 35.5. The lowest BCUT2D eigenvalue weighted by molar-refractivity contribution is -0.146. The van der Waals surface area contributed by atoms with Crippen LogP contribution in [0.25, 0.3) is 0 Å². The fourth-order valence-corrected chi connectivity index (χ4v) is 3.15. The van der Waals surface area contributed by atoms with Gasteiger partial charge in [0, 0.05) is 29.9 Å². The van der Waals surface area contributed by atoms with Gasteiger partial charge < -0.3 is 10.1 Å². The number of carbonyl (C=O) groups excluding carboxylic acids is 2. The van der Waals surface area contributed by atoms with Crippen LogP contribution in [0.5, 0.6) is 0 Å². The topological polar surface area (TPSA) is 58.6 Å². The maximum Gasteiger partial charge on any atom is 0.307 e. The Labute approximate surface area is 120 Å². The first kappa shape index (κ1) is 14.3. The Bertz CT molecular complexity index is 477. The van der Waals surface area contributed by atoms with E-state index in [2.05, 4.69) is 10.1 Å². The van der Waals surface area contributed by atoms with E-state index in [1.165, 1.54) is 7.11 Å². The van der Waals surface area contributed by atoms with E-state index in [-0.39, 0.29) is 18.3 Å². The quantitative estimate of drug-likeness (QED) is 0.851. The van der Waals surface area contributed by atoms with Crippen LogP contribution < -0.4 is 5.32 Å². The van der Waals surface area contributed by atoms with Crippen molar-refractivity contribution < 1.29 is 14.3 Å². The van der Waals surface area contributed by atoms with Gasteiger partial charge in [-0.2, -0.15) is 0 Å². The number of halogens is 1. The number of carbonyl (C=O) groups is 2. The summed E-state index contributed by atoms with van der Waals surface area (Å²) in [7, 11) is 1.33. The van der Waals surface area contributed by atoms with Gasteiger partial charge in [0.25, 0.3) is 0 Å². The molecular weight excluding hydrogens is 288 g/mol. The number of hydrogen-bond donors (Lipinski definition) is 1. The zero-order valence-electron chi connectivity index (χ0n) is 10.5. The van der Waals surface area contributed by atoms with Gasteiger partial charge in [-0.3, -0.25) is 14.5 Å². The zero-order valence-corrected chi connectivity index (χ0v) is 12.1. The molecule has 0 radical (unpaired) electrons. The van der Waals surface area contributed by atoms with Crippen molar-refractivity contribution in [1.82, 2.24) is 10.2 Å². The second kappa shape index (κ2) is 6.36. The lowest BCUT2D eigenvalue weighted by Gasteiger charge is -2.34. The molecule has 2 rings (SSSR count). The molecule has 0 aliphatic carbocycles. The molecule has 104 valence electrons. The molecule has 1 aliphatic rings. The largest absolute Gasteiger partial charge is 0.469 e. The third-order valence-electron chi connectivity index (χ3n) is 3.01. The highest BCUT2D eigenvalue weighted by molar-refractivity contribution is 7.10. The first-order valence-electron chi connectivity index (χ1n) is 5.91. The molecule has 0 bridgehead atoms. The van der Waals surface area contributed by atoms with Crippen LogP contribution >= 0.6 is 22.9 Å². The van der Waals surface area contributed by atoms with E-state index in [1.807, 2.05) is 16.3 Å². The lowest BCUT2D eigenvalue weighted by Crippen LogP contribution is -2.55. The fourth-order valence-electron chi connectivity index (χ4n) is 2.05. The number of piperazine rings is 1. The Morgan fingerprint density at radius 3 is 3.11 bits per heavy atom. The van der Waals surface area contributed by atoms with Crippen molar-refractivity contribution in [2.24, 2.45) is 0 Å². The minimum Gasteiger partial charge on any atom is -0.469 e. The number of ether oxygens (including phenoxy) is 1. The maximum absolute atomic E-state index is 11.9. The van der Waals surface area contributed by atoms with Crippen molar-refractivity contribution in [2.75, 3.05) is 20.2 Å². The van der Waals surface area contributed by atoms with Crippen molar-refractivity contribution >= 4 is 34.8 Å². The Kier molecular flexibility index (Phi) is 4.79. The summed E-state index contributed by atoms with van der Waals surface area (Å²) in [6.07, 6.45) is 0.0709. The van der Waals surface area contributed by atoms with E-state index in [1.54, 1.807) is 11.3 Å². The van der Waals surface area contributed by atoms with Gasteiger partial charge in [-0.15, -0.1) is 11.3 Å². The van der Waals surface area contributed by atoms with Gasteiger partial charge in [-0.1, -0.05) is 11.6 Å². The molecular formula is C12H15ClN2O3S. The average Bonchev–Trinajstić information content (AvgIpc) is 2.79.